The van der Waals surface area contributed by atoms with Gasteiger partial charge in [0.2, 0.25) is 0 Å². The monoisotopic (exact) mass is 279 g/mol. The highest BCUT2D eigenvalue weighted by atomic mass is 16.5. The van der Waals surface area contributed by atoms with E-state index in [1.807, 2.05) is 24.3 Å². The van der Waals surface area contributed by atoms with Crippen LogP contribution in [0.2, 0.25) is 0 Å². The third-order valence-electron chi connectivity index (χ3n) is 3.11. The molecule has 0 saturated heterocycles. The fourth-order valence-corrected chi connectivity index (χ4v) is 2.09. The van der Waals surface area contributed by atoms with Gasteiger partial charge in [-0.15, -0.1) is 0 Å². The number of benzene rings is 2. The van der Waals surface area contributed by atoms with Gasteiger partial charge in [-0.05, 0) is 37.3 Å². The summed E-state index contributed by atoms with van der Waals surface area (Å²) in [6.07, 6.45) is 1.53. The molecule has 2 aromatic carbocycles. The van der Waals surface area contributed by atoms with E-state index >= 15 is 0 Å². The maximum Gasteiger partial charge on any atom is 0.163 e. The van der Waals surface area contributed by atoms with Crippen molar-refractivity contribution in [3.63, 3.8) is 0 Å². The number of fused-ring (bicyclic) bond motifs is 1. The maximum atomic E-state index is 11.7. The Labute approximate surface area is 121 Å². The summed E-state index contributed by atoms with van der Waals surface area (Å²) in [6, 6.07) is 12.5. The van der Waals surface area contributed by atoms with Gasteiger partial charge in [-0.3, -0.25) is 4.79 Å². The zero-order valence-corrected chi connectivity index (χ0v) is 11.4. The predicted molar refractivity (Wildman–Crippen MR) is 80.5 cm³/mol. The van der Waals surface area contributed by atoms with Crippen LogP contribution in [-0.4, -0.2) is 16.0 Å². The summed E-state index contributed by atoms with van der Waals surface area (Å²) in [7, 11) is 0. The Kier molecular flexibility index (Phi) is 3.23. The smallest absolute Gasteiger partial charge is 0.163 e. The number of nitrogens with two attached hydrogens (primary N) is 1. The SMILES string of the molecule is CC(=O)c1cc(N)ccc1Oc1cnnc2ccccc12. The van der Waals surface area contributed by atoms with Crippen LogP contribution >= 0.6 is 0 Å². The van der Waals surface area contributed by atoms with Crippen LogP contribution in [-0.2, 0) is 0 Å². The number of ether oxygens (including phenoxy) is 1. The molecular weight excluding hydrogens is 266 g/mol. The van der Waals surface area contributed by atoms with E-state index in [2.05, 4.69) is 10.2 Å². The zero-order valence-electron chi connectivity index (χ0n) is 11.4. The standard InChI is InChI=1S/C16H13N3O2/c1-10(20)13-8-11(17)6-7-15(13)21-16-9-18-19-14-5-3-2-4-12(14)16/h2-9H,17H2,1H3. The van der Waals surface area contributed by atoms with E-state index in [-0.39, 0.29) is 5.78 Å². The molecule has 0 saturated carbocycles. The van der Waals surface area contributed by atoms with Gasteiger partial charge in [-0.1, -0.05) is 12.1 Å². The summed E-state index contributed by atoms with van der Waals surface area (Å²) >= 11 is 0. The zero-order chi connectivity index (χ0) is 14.8. The second-order valence-corrected chi connectivity index (χ2v) is 4.64. The normalized spacial score (nSPS) is 10.5. The minimum atomic E-state index is -0.108. The Morgan fingerprint density at radius 3 is 2.76 bits per heavy atom. The minimum absolute atomic E-state index is 0.108. The molecule has 0 bridgehead atoms. The molecule has 0 radical (unpaired) electrons. The molecule has 0 aliphatic heterocycles. The number of nitrogen functional groups attached to an aromatic ring is 1. The summed E-state index contributed by atoms with van der Waals surface area (Å²) in [5.74, 6) is 0.895. The second kappa shape index (κ2) is 5.20. The Hall–Kier alpha value is -2.95. The number of Topliss-reactive ketones (excluding diaryl/α,β-unsaturated/α-hetero) is 1. The van der Waals surface area contributed by atoms with Gasteiger partial charge in [0.15, 0.2) is 11.5 Å². The number of carbonyl (C=O) groups is 1. The molecule has 2 N–H and O–H groups in total. The van der Waals surface area contributed by atoms with Gasteiger partial charge in [-0.25, -0.2) is 0 Å². The minimum Gasteiger partial charge on any atom is -0.454 e. The Bertz CT molecular complexity index is 825. The lowest BCUT2D eigenvalue weighted by Gasteiger charge is -2.11. The first-order chi connectivity index (χ1) is 10.1. The maximum absolute atomic E-state index is 11.7. The van der Waals surface area contributed by atoms with Crippen molar-refractivity contribution in [1.82, 2.24) is 10.2 Å². The van der Waals surface area contributed by atoms with Crippen molar-refractivity contribution in [3.8, 4) is 11.5 Å². The van der Waals surface area contributed by atoms with E-state index in [9.17, 15) is 4.79 Å². The van der Waals surface area contributed by atoms with Crippen LogP contribution in [0.4, 0.5) is 5.69 Å². The number of hydrogen-bond acceptors (Lipinski definition) is 5. The second-order valence-electron chi connectivity index (χ2n) is 4.64. The lowest BCUT2D eigenvalue weighted by atomic mass is 10.1. The van der Waals surface area contributed by atoms with Crippen molar-refractivity contribution in [2.24, 2.45) is 0 Å². The van der Waals surface area contributed by atoms with E-state index in [4.69, 9.17) is 10.5 Å². The molecule has 0 unspecified atom stereocenters. The molecule has 0 aliphatic carbocycles. The van der Waals surface area contributed by atoms with Crippen molar-refractivity contribution >= 4 is 22.4 Å². The van der Waals surface area contributed by atoms with E-state index < -0.39 is 0 Å². The van der Waals surface area contributed by atoms with Gasteiger partial charge in [0, 0.05) is 11.1 Å². The number of aromatic nitrogens is 2. The molecule has 5 nitrogen and oxygen atoms in total. The van der Waals surface area contributed by atoms with Crippen molar-refractivity contribution in [1.29, 1.82) is 0 Å². The molecular formula is C16H13N3O2. The Morgan fingerprint density at radius 1 is 1.14 bits per heavy atom. The van der Waals surface area contributed by atoms with E-state index in [0.717, 1.165) is 10.9 Å². The molecule has 104 valence electrons. The topological polar surface area (TPSA) is 78.1 Å². The van der Waals surface area contributed by atoms with Gasteiger partial charge in [0.05, 0.1) is 17.3 Å². The molecule has 1 aromatic heterocycles. The van der Waals surface area contributed by atoms with Gasteiger partial charge >= 0.3 is 0 Å². The number of ketones is 1. The van der Waals surface area contributed by atoms with Gasteiger partial charge < -0.3 is 10.5 Å². The molecule has 3 aromatic rings. The van der Waals surface area contributed by atoms with Crippen molar-refractivity contribution in [3.05, 3.63) is 54.2 Å². The average Bonchev–Trinajstić information content (AvgIpc) is 2.49. The van der Waals surface area contributed by atoms with E-state index in [0.29, 0.717) is 22.7 Å². The third kappa shape index (κ3) is 2.53. The molecule has 1 heterocycles. The van der Waals surface area contributed by atoms with Crippen LogP contribution in [0.25, 0.3) is 10.9 Å². The Morgan fingerprint density at radius 2 is 1.95 bits per heavy atom. The summed E-state index contributed by atoms with van der Waals surface area (Å²) < 4.78 is 5.86. The van der Waals surface area contributed by atoms with Crippen molar-refractivity contribution < 1.29 is 9.53 Å². The molecule has 21 heavy (non-hydrogen) atoms. The molecule has 0 spiro atoms. The van der Waals surface area contributed by atoms with Crippen molar-refractivity contribution in [2.45, 2.75) is 6.92 Å². The van der Waals surface area contributed by atoms with Crippen LogP contribution in [0.3, 0.4) is 0 Å². The fourth-order valence-electron chi connectivity index (χ4n) is 2.09. The van der Waals surface area contributed by atoms with E-state index in [1.165, 1.54) is 13.1 Å². The van der Waals surface area contributed by atoms with E-state index in [1.54, 1.807) is 18.2 Å². The van der Waals surface area contributed by atoms with Crippen LogP contribution < -0.4 is 10.5 Å². The fraction of sp³-hybridized carbons (Fsp3) is 0.0625. The predicted octanol–water partition coefficient (Wildman–Crippen LogP) is 3.21. The summed E-state index contributed by atoms with van der Waals surface area (Å²) in [6.45, 7) is 1.48. The highest BCUT2D eigenvalue weighted by Gasteiger charge is 2.12. The van der Waals surface area contributed by atoms with Crippen molar-refractivity contribution in [2.75, 3.05) is 5.73 Å². The van der Waals surface area contributed by atoms with Gasteiger partial charge in [-0.2, -0.15) is 10.2 Å². The van der Waals surface area contributed by atoms with Crippen LogP contribution in [0.1, 0.15) is 17.3 Å². The molecule has 5 heteroatoms. The lowest BCUT2D eigenvalue weighted by Crippen LogP contribution is -1.99. The molecule has 0 amide bonds. The van der Waals surface area contributed by atoms with Crippen LogP contribution in [0.5, 0.6) is 11.5 Å². The third-order valence-corrected chi connectivity index (χ3v) is 3.11. The summed E-state index contributed by atoms with van der Waals surface area (Å²) in [5, 5.41) is 8.79. The largest absolute Gasteiger partial charge is 0.454 e. The summed E-state index contributed by atoms with van der Waals surface area (Å²) in [4.78, 5) is 11.7. The average molecular weight is 279 g/mol. The summed E-state index contributed by atoms with van der Waals surface area (Å²) in [5.41, 5.74) is 7.41. The lowest BCUT2D eigenvalue weighted by molar-refractivity contribution is 0.101. The Balaban J connectivity index is 2.09. The number of carbonyl (C=O) groups excluding carboxylic acids is 1. The number of nitrogens with zero attached hydrogens (tertiary/aromatic N) is 2. The quantitative estimate of drug-likeness (QED) is 0.588. The molecule has 3 rings (SSSR count). The molecule has 0 aliphatic rings. The number of hydrogen-bond donors (Lipinski definition) is 1. The van der Waals surface area contributed by atoms with Crippen LogP contribution in [0.15, 0.2) is 48.7 Å². The number of rotatable bonds is 3. The van der Waals surface area contributed by atoms with Gasteiger partial charge in [0.25, 0.3) is 0 Å². The molecule has 0 atom stereocenters. The highest BCUT2D eigenvalue weighted by molar-refractivity contribution is 5.98. The number of anilines is 1. The highest BCUT2D eigenvalue weighted by Crippen LogP contribution is 2.31. The molecule has 0 fully saturated rings. The first-order valence-corrected chi connectivity index (χ1v) is 6.44. The van der Waals surface area contributed by atoms with Gasteiger partial charge in [0.1, 0.15) is 5.75 Å². The van der Waals surface area contributed by atoms with Crippen LogP contribution in [0, 0.1) is 0 Å². The first-order valence-electron chi connectivity index (χ1n) is 6.44. The first kappa shape index (κ1) is 13.1.